The van der Waals surface area contributed by atoms with Gasteiger partial charge in [-0.05, 0) is 55.7 Å². The van der Waals surface area contributed by atoms with Gasteiger partial charge in [-0.1, -0.05) is 18.6 Å². The van der Waals surface area contributed by atoms with Gasteiger partial charge in [-0.3, -0.25) is 4.79 Å². The summed E-state index contributed by atoms with van der Waals surface area (Å²) in [5.41, 5.74) is 2.16. The maximum atomic E-state index is 12.2. The van der Waals surface area contributed by atoms with Crippen LogP contribution in [0.5, 0.6) is 0 Å². The molecule has 1 aromatic rings. The number of rotatable bonds is 3. The molecule has 1 saturated heterocycles. The van der Waals surface area contributed by atoms with E-state index in [1.807, 2.05) is 12.1 Å². The topological polar surface area (TPSA) is 38.3 Å². The fourth-order valence-electron chi connectivity index (χ4n) is 2.97. The molecular formula is C17H23NO2. The van der Waals surface area contributed by atoms with E-state index in [1.165, 1.54) is 24.8 Å². The van der Waals surface area contributed by atoms with E-state index in [9.17, 15) is 4.79 Å². The van der Waals surface area contributed by atoms with Crippen LogP contribution < -0.4 is 5.32 Å². The number of nitrogens with one attached hydrogen (secondary N) is 1. The lowest BCUT2D eigenvalue weighted by atomic mass is 9.80. The van der Waals surface area contributed by atoms with Gasteiger partial charge in [0.05, 0.1) is 0 Å². The monoisotopic (exact) mass is 273 g/mol. The van der Waals surface area contributed by atoms with E-state index >= 15 is 0 Å². The lowest BCUT2D eigenvalue weighted by molar-refractivity contribution is 0.0929. The summed E-state index contributed by atoms with van der Waals surface area (Å²) in [5, 5.41) is 3.13. The Morgan fingerprint density at radius 3 is 2.50 bits per heavy atom. The van der Waals surface area contributed by atoms with Crippen LogP contribution in [0.25, 0.3) is 0 Å². The second kappa shape index (κ2) is 6.40. The van der Waals surface area contributed by atoms with Gasteiger partial charge in [0.2, 0.25) is 0 Å². The van der Waals surface area contributed by atoms with Crippen molar-refractivity contribution in [2.75, 3.05) is 13.2 Å². The summed E-state index contributed by atoms with van der Waals surface area (Å²) >= 11 is 0. The fourth-order valence-corrected chi connectivity index (χ4v) is 2.97. The summed E-state index contributed by atoms with van der Waals surface area (Å²) in [4.78, 5) is 12.2. The van der Waals surface area contributed by atoms with Gasteiger partial charge >= 0.3 is 0 Å². The minimum Gasteiger partial charge on any atom is -0.381 e. The molecule has 1 N–H and O–H groups in total. The second-order valence-corrected chi connectivity index (χ2v) is 5.96. The highest BCUT2D eigenvalue weighted by Gasteiger charge is 2.20. The van der Waals surface area contributed by atoms with Crippen molar-refractivity contribution in [1.82, 2.24) is 5.32 Å². The summed E-state index contributed by atoms with van der Waals surface area (Å²) in [6.45, 7) is 1.58. The Morgan fingerprint density at radius 2 is 1.80 bits per heavy atom. The molecule has 1 unspecified atom stereocenters. The van der Waals surface area contributed by atoms with E-state index in [0.29, 0.717) is 0 Å². The molecule has 1 aromatic carbocycles. The largest absolute Gasteiger partial charge is 0.381 e. The zero-order chi connectivity index (χ0) is 13.8. The van der Waals surface area contributed by atoms with E-state index < -0.39 is 0 Å². The SMILES string of the molecule is O=C(NC1CCCOCC1)c1ccc(C2CCC2)cc1. The van der Waals surface area contributed by atoms with Gasteiger partial charge in [-0.15, -0.1) is 0 Å². The molecule has 3 rings (SSSR count). The normalized spacial score (nSPS) is 23.7. The van der Waals surface area contributed by atoms with Crippen LogP contribution in [0.4, 0.5) is 0 Å². The average Bonchev–Trinajstić information content (AvgIpc) is 2.66. The van der Waals surface area contributed by atoms with Gasteiger partial charge in [0.15, 0.2) is 0 Å². The molecule has 1 heterocycles. The summed E-state index contributed by atoms with van der Waals surface area (Å²) in [7, 11) is 0. The minimum atomic E-state index is 0.0528. The van der Waals surface area contributed by atoms with Crippen molar-refractivity contribution in [2.24, 2.45) is 0 Å². The molecule has 2 aliphatic rings. The highest BCUT2D eigenvalue weighted by molar-refractivity contribution is 5.94. The van der Waals surface area contributed by atoms with Gasteiger partial charge in [0.25, 0.3) is 5.91 Å². The van der Waals surface area contributed by atoms with Gasteiger partial charge < -0.3 is 10.1 Å². The molecular weight excluding hydrogens is 250 g/mol. The second-order valence-electron chi connectivity index (χ2n) is 5.96. The maximum Gasteiger partial charge on any atom is 0.251 e. The van der Waals surface area contributed by atoms with Crippen LogP contribution in [0.1, 0.15) is 60.4 Å². The number of benzene rings is 1. The number of amides is 1. The van der Waals surface area contributed by atoms with Crippen molar-refractivity contribution >= 4 is 5.91 Å². The van der Waals surface area contributed by atoms with Crippen LogP contribution in [-0.4, -0.2) is 25.2 Å². The Bertz CT molecular complexity index is 443. The van der Waals surface area contributed by atoms with Crippen LogP contribution in [0.2, 0.25) is 0 Å². The first-order chi connectivity index (χ1) is 9.83. The van der Waals surface area contributed by atoms with Gasteiger partial charge in [-0.25, -0.2) is 0 Å². The summed E-state index contributed by atoms with van der Waals surface area (Å²) in [5.74, 6) is 0.781. The molecule has 0 aromatic heterocycles. The van der Waals surface area contributed by atoms with Crippen molar-refractivity contribution in [1.29, 1.82) is 0 Å². The molecule has 1 atom stereocenters. The quantitative estimate of drug-likeness (QED) is 0.918. The molecule has 1 amide bonds. The summed E-state index contributed by atoms with van der Waals surface area (Å²) in [6, 6.07) is 8.44. The third kappa shape index (κ3) is 3.21. The Kier molecular flexibility index (Phi) is 4.36. The summed E-state index contributed by atoms with van der Waals surface area (Å²) in [6.07, 6.45) is 6.92. The highest BCUT2D eigenvalue weighted by atomic mass is 16.5. The van der Waals surface area contributed by atoms with Crippen LogP contribution in [-0.2, 0) is 4.74 Å². The molecule has 1 aliphatic carbocycles. The molecule has 2 fully saturated rings. The zero-order valence-corrected chi connectivity index (χ0v) is 11.9. The van der Waals surface area contributed by atoms with E-state index in [1.54, 1.807) is 0 Å². The number of carbonyl (C=O) groups is 1. The molecule has 0 bridgehead atoms. The zero-order valence-electron chi connectivity index (χ0n) is 11.9. The molecule has 20 heavy (non-hydrogen) atoms. The van der Waals surface area contributed by atoms with E-state index in [0.717, 1.165) is 44.0 Å². The van der Waals surface area contributed by atoms with Crippen molar-refractivity contribution in [2.45, 2.75) is 50.5 Å². The maximum absolute atomic E-state index is 12.2. The lowest BCUT2D eigenvalue weighted by Crippen LogP contribution is -2.35. The van der Waals surface area contributed by atoms with E-state index in [4.69, 9.17) is 4.74 Å². The Balaban J connectivity index is 1.58. The first-order valence-corrected chi connectivity index (χ1v) is 7.81. The minimum absolute atomic E-state index is 0.0528. The molecule has 0 spiro atoms. The lowest BCUT2D eigenvalue weighted by Gasteiger charge is -2.25. The van der Waals surface area contributed by atoms with Crippen molar-refractivity contribution in [3.05, 3.63) is 35.4 Å². The van der Waals surface area contributed by atoms with E-state index in [2.05, 4.69) is 17.4 Å². The van der Waals surface area contributed by atoms with Crippen molar-refractivity contribution in [3.8, 4) is 0 Å². The van der Waals surface area contributed by atoms with Crippen molar-refractivity contribution in [3.63, 3.8) is 0 Å². The summed E-state index contributed by atoms with van der Waals surface area (Å²) < 4.78 is 5.42. The number of carbonyl (C=O) groups excluding carboxylic acids is 1. The van der Waals surface area contributed by atoms with Gasteiger partial charge in [-0.2, -0.15) is 0 Å². The molecule has 1 aliphatic heterocycles. The molecule has 1 saturated carbocycles. The predicted octanol–water partition coefficient (Wildman–Crippen LogP) is 3.25. The molecule has 0 radical (unpaired) electrons. The third-order valence-corrected chi connectivity index (χ3v) is 4.54. The van der Waals surface area contributed by atoms with E-state index in [-0.39, 0.29) is 11.9 Å². The van der Waals surface area contributed by atoms with Crippen molar-refractivity contribution < 1.29 is 9.53 Å². The van der Waals surface area contributed by atoms with Crippen LogP contribution in [0, 0.1) is 0 Å². The van der Waals surface area contributed by atoms with Crippen LogP contribution in [0.15, 0.2) is 24.3 Å². The third-order valence-electron chi connectivity index (χ3n) is 4.54. The predicted molar refractivity (Wildman–Crippen MR) is 79.0 cm³/mol. The van der Waals surface area contributed by atoms with Crippen LogP contribution in [0.3, 0.4) is 0 Å². The average molecular weight is 273 g/mol. The highest BCUT2D eigenvalue weighted by Crippen LogP contribution is 2.36. The number of ether oxygens (including phenoxy) is 1. The Morgan fingerprint density at radius 1 is 1.00 bits per heavy atom. The van der Waals surface area contributed by atoms with Gasteiger partial charge in [0, 0.05) is 24.8 Å². The molecule has 3 heteroatoms. The van der Waals surface area contributed by atoms with Crippen LogP contribution >= 0.6 is 0 Å². The number of hydrogen-bond donors (Lipinski definition) is 1. The Hall–Kier alpha value is -1.35. The standard InChI is InChI=1S/C17H23NO2/c19-17(18-16-5-2-11-20-12-10-16)15-8-6-14(7-9-15)13-3-1-4-13/h6-9,13,16H,1-5,10-12H2,(H,18,19). The molecule has 3 nitrogen and oxygen atoms in total. The first kappa shape index (κ1) is 13.6. The first-order valence-electron chi connectivity index (χ1n) is 7.81. The smallest absolute Gasteiger partial charge is 0.251 e. The fraction of sp³-hybridized carbons (Fsp3) is 0.588. The Labute approximate surface area is 120 Å². The number of hydrogen-bond acceptors (Lipinski definition) is 2. The van der Waals surface area contributed by atoms with Gasteiger partial charge in [0.1, 0.15) is 0 Å². The molecule has 108 valence electrons.